The summed E-state index contributed by atoms with van der Waals surface area (Å²) >= 11 is 3.11. The van der Waals surface area contributed by atoms with Gasteiger partial charge in [-0.25, -0.2) is 13.6 Å². The number of rotatable bonds is 3. The third-order valence-electron chi connectivity index (χ3n) is 3.32. The fourth-order valence-electron chi connectivity index (χ4n) is 1.82. The number of carbonyl (C=O) groups is 1. The number of hydrogen-bond acceptors (Lipinski definition) is 3. The fraction of sp³-hybridized carbons (Fsp3) is 0.417. The monoisotopic (exact) mass is 346 g/mol. The highest BCUT2D eigenvalue weighted by atomic mass is 79.9. The third kappa shape index (κ3) is 3.16. The van der Waals surface area contributed by atoms with Gasteiger partial charge in [-0.3, -0.25) is 4.79 Å². The first-order valence-electron chi connectivity index (χ1n) is 5.74. The molecule has 1 aromatic rings. The summed E-state index contributed by atoms with van der Waals surface area (Å²) in [4.78, 5) is 11.9. The van der Waals surface area contributed by atoms with Crippen LogP contribution in [0, 0.1) is 5.41 Å². The molecule has 2 rings (SSSR count). The SMILES string of the molecule is CC1(C)CC1NC(=O)c1ccc(Br)c(S(N)(=O)=O)c1. The molecular weight excluding hydrogens is 332 g/mol. The van der Waals surface area contributed by atoms with E-state index in [1.165, 1.54) is 12.1 Å². The Morgan fingerprint density at radius 1 is 1.47 bits per heavy atom. The Balaban J connectivity index is 2.24. The molecule has 3 N–H and O–H groups in total. The molecule has 1 amide bonds. The van der Waals surface area contributed by atoms with Crippen LogP contribution >= 0.6 is 15.9 Å². The second-order valence-corrected chi connectivity index (χ2v) is 7.79. The minimum Gasteiger partial charge on any atom is -0.349 e. The highest BCUT2D eigenvalue weighted by Gasteiger charge is 2.46. The molecule has 0 saturated heterocycles. The van der Waals surface area contributed by atoms with Crippen LogP contribution in [0.4, 0.5) is 0 Å². The van der Waals surface area contributed by atoms with Crippen molar-refractivity contribution in [2.45, 2.75) is 31.2 Å². The van der Waals surface area contributed by atoms with Crippen molar-refractivity contribution in [3.63, 3.8) is 0 Å². The van der Waals surface area contributed by atoms with Crippen LogP contribution in [0.15, 0.2) is 27.6 Å². The van der Waals surface area contributed by atoms with Gasteiger partial charge in [0, 0.05) is 16.1 Å². The van der Waals surface area contributed by atoms with Gasteiger partial charge in [-0.2, -0.15) is 0 Å². The van der Waals surface area contributed by atoms with E-state index in [0.29, 0.717) is 4.47 Å². The van der Waals surface area contributed by atoms with Crippen molar-refractivity contribution in [2.75, 3.05) is 0 Å². The van der Waals surface area contributed by atoms with Gasteiger partial charge in [-0.05, 0) is 46.0 Å². The van der Waals surface area contributed by atoms with Gasteiger partial charge in [0.1, 0.15) is 0 Å². The first-order chi connectivity index (χ1) is 8.61. The summed E-state index contributed by atoms with van der Waals surface area (Å²) in [6.07, 6.45) is 0.928. The van der Waals surface area contributed by atoms with E-state index < -0.39 is 10.0 Å². The summed E-state index contributed by atoms with van der Waals surface area (Å²) in [6, 6.07) is 4.49. The van der Waals surface area contributed by atoms with Crippen LogP contribution in [0.2, 0.25) is 0 Å². The first-order valence-corrected chi connectivity index (χ1v) is 8.08. The van der Waals surface area contributed by atoms with Gasteiger partial charge in [0.15, 0.2) is 0 Å². The van der Waals surface area contributed by atoms with Crippen molar-refractivity contribution < 1.29 is 13.2 Å². The summed E-state index contributed by atoms with van der Waals surface area (Å²) < 4.78 is 23.1. The van der Waals surface area contributed by atoms with Gasteiger partial charge < -0.3 is 5.32 Å². The molecule has 0 aromatic heterocycles. The normalized spacial score (nSPS) is 20.9. The van der Waals surface area contributed by atoms with Gasteiger partial charge in [0.05, 0.1) is 4.90 Å². The topological polar surface area (TPSA) is 89.3 Å². The summed E-state index contributed by atoms with van der Waals surface area (Å²) in [6.45, 7) is 4.13. The van der Waals surface area contributed by atoms with E-state index in [1.54, 1.807) is 6.07 Å². The highest BCUT2D eigenvalue weighted by Crippen LogP contribution is 2.44. The molecule has 5 nitrogen and oxygen atoms in total. The van der Waals surface area contributed by atoms with Crippen LogP contribution in [0.3, 0.4) is 0 Å². The van der Waals surface area contributed by atoms with E-state index in [-0.39, 0.29) is 27.8 Å². The molecule has 1 aliphatic rings. The van der Waals surface area contributed by atoms with Crippen molar-refractivity contribution >= 4 is 31.9 Å². The Hall–Kier alpha value is -0.920. The van der Waals surface area contributed by atoms with Crippen molar-refractivity contribution in [1.82, 2.24) is 5.32 Å². The van der Waals surface area contributed by atoms with Gasteiger partial charge in [-0.15, -0.1) is 0 Å². The first kappa shape index (κ1) is 14.5. The maximum atomic E-state index is 12.0. The number of amides is 1. The lowest BCUT2D eigenvalue weighted by atomic mass is 10.1. The Morgan fingerprint density at radius 2 is 2.05 bits per heavy atom. The number of sulfonamides is 1. The van der Waals surface area contributed by atoms with E-state index in [0.717, 1.165) is 6.42 Å². The average Bonchev–Trinajstić information content (AvgIpc) is 2.84. The molecule has 1 aromatic carbocycles. The minimum absolute atomic E-state index is 0.0878. The molecule has 0 aliphatic heterocycles. The third-order valence-corrected chi connectivity index (χ3v) is 5.22. The van der Waals surface area contributed by atoms with Gasteiger partial charge >= 0.3 is 0 Å². The number of primary sulfonamides is 1. The van der Waals surface area contributed by atoms with Crippen LogP contribution in [0.5, 0.6) is 0 Å². The Morgan fingerprint density at radius 3 is 2.53 bits per heavy atom. The summed E-state index contributed by atoms with van der Waals surface area (Å²) in [7, 11) is -3.85. The lowest BCUT2D eigenvalue weighted by Gasteiger charge is -2.09. The predicted octanol–water partition coefficient (Wildman–Crippen LogP) is 1.62. The number of carbonyl (C=O) groups excluding carboxylic acids is 1. The van der Waals surface area contributed by atoms with Crippen LogP contribution in [0.25, 0.3) is 0 Å². The Bertz CT molecular complexity index is 640. The zero-order valence-electron chi connectivity index (χ0n) is 10.6. The second kappa shape index (κ2) is 4.57. The van der Waals surface area contributed by atoms with Gasteiger partial charge in [0.25, 0.3) is 5.91 Å². The van der Waals surface area contributed by atoms with Crippen LogP contribution in [-0.4, -0.2) is 20.4 Å². The van der Waals surface area contributed by atoms with E-state index in [2.05, 4.69) is 35.1 Å². The molecule has 1 fully saturated rings. The average molecular weight is 347 g/mol. The molecule has 1 atom stereocenters. The molecule has 1 saturated carbocycles. The lowest BCUT2D eigenvalue weighted by Crippen LogP contribution is -2.28. The second-order valence-electron chi connectivity index (χ2n) is 5.41. The van der Waals surface area contributed by atoms with Crippen molar-refractivity contribution in [2.24, 2.45) is 10.6 Å². The number of nitrogens with two attached hydrogens (primary N) is 1. The predicted molar refractivity (Wildman–Crippen MR) is 75.2 cm³/mol. The minimum atomic E-state index is -3.85. The summed E-state index contributed by atoms with van der Waals surface area (Å²) in [5.74, 6) is -0.284. The number of halogens is 1. The molecule has 19 heavy (non-hydrogen) atoms. The molecule has 1 aliphatic carbocycles. The zero-order chi connectivity index (χ0) is 14.4. The van der Waals surface area contributed by atoms with Crippen molar-refractivity contribution in [1.29, 1.82) is 0 Å². The zero-order valence-corrected chi connectivity index (χ0v) is 13.0. The van der Waals surface area contributed by atoms with E-state index in [9.17, 15) is 13.2 Å². The Labute approximate surface area is 120 Å². The highest BCUT2D eigenvalue weighted by molar-refractivity contribution is 9.10. The molecule has 7 heteroatoms. The van der Waals surface area contributed by atoms with Crippen molar-refractivity contribution in [3.05, 3.63) is 28.2 Å². The largest absolute Gasteiger partial charge is 0.349 e. The maximum Gasteiger partial charge on any atom is 0.251 e. The van der Waals surface area contributed by atoms with E-state index >= 15 is 0 Å². The Kier molecular flexibility index (Phi) is 3.49. The van der Waals surface area contributed by atoms with Crippen LogP contribution < -0.4 is 10.5 Å². The van der Waals surface area contributed by atoms with E-state index in [4.69, 9.17) is 5.14 Å². The molecule has 1 unspecified atom stereocenters. The van der Waals surface area contributed by atoms with Crippen LogP contribution in [-0.2, 0) is 10.0 Å². The maximum absolute atomic E-state index is 12.0. The smallest absolute Gasteiger partial charge is 0.251 e. The van der Waals surface area contributed by atoms with Crippen molar-refractivity contribution in [3.8, 4) is 0 Å². The molecule has 0 heterocycles. The number of nitrogens with one attached hydrogen (secondary N) is 1. The molecule has 0 bridgehead atoms. The van der Waals surface area contributed by atoms with Gasteiger partial charge in [-0.1, -0.05) is 13.8 Å². The molecule has 0 spiro atoms. The number of hydrogen-bond donors (Lipinski definition) is 2. The molecule has 0 radical (unpaired) electrons. The van der Waals surface area contributed by atoms with Crippen LogP contribution in [0.1, 0.15) is 30.6 Å². The fourth-order valence-corrected chi connectivity index (χ4v) is 3.37. The van der Waals surface area contributed by atoms with E-state index in [1.807, 2.05) is 0 Å². The standard InChI is InChI=1S/C12H15BrN2O3S/c1-12(2)6-10(12)15-11(16)7-3-4-8(13)9(5-7)19(14,17)18/h3-5,10H,6H2,1-2H3,(H,15,16)(H2,14,17,18). The summed E-state index contributed by atoms with van der Waals surface area (Å²) in [5, 5.41) is 7.96. The summed E-state index contributed by atoms with van der Waals surface area (Å²) in [5.41, 5.74) is 0.406. The number of benzene rings is 1. The van der Waals surface area contributed by atoms with Gasteiger partial charge in [0.2, 0.25) is 10.0 Å². The quantitative estimate of drug-likeness (QED) is 0.871. The lowest BCUT2D eigenvalue weighted by molar-refractivity contribution is 0.0946. The molecular formula is C12H15BrN2O3S. The molecule has 104 valence electrons.